The van der Waals surface area contributed by atoms with E-state index in [2.05, 4.69) is 20.6 Å². The number of hydrogen-bond acceptors (Lipinski definition) is 5. The van der Waals surface area contributed by atoms with Crippen molar-refractivity contribution in [1.82, 2.24) is 10.3 Å². The molecule has 0 atom stereocenters. The predicted octanol–water partition coefficient (Wildman–Crippen LogP) is 5.23. The van der Waals surface area contributed by atoms with Crippen LogP contribution in [0.15, 0.2) is 65.8 Å². The second-order valence-electron chi connectivity index (χ2n) is 6.45. The third-order valence-electron chi connectivity index (χ3n) is 4.24. The Balaban J connectivity index is 0.00000363. The van der Waals surface area contributed by atoms with E-state index in [1.54, 1.807) is 38.6 Å². The Kier molecular flexibility index (Phi) is 9.99. The highest BCUT2D eigenvalue weighted by atomic mass is 127. The average Bonchev–Trinajstić information content (AvgIpc) is 2.80. The number of nitrogens with one attached hydrogen (secondary N) is 2. The van der Waals surface area contributed by atoms with Crippen LogP contribution in [0.1, 0.15) is 12.5 Å². The molecule has 2 N–H and O–H groups in total. The van der Waals surface area contributed by atoms with Gasteiger partial charge in [-0.3, -0.25) is 0 Å². The van der Waals surface area contributed by atoms with Crippen LogP contribution in [0.3, 0.4) is 0 Å². The fraction of sp³-hybridized carbons (Fsp3) is 0.217. The number of hydrogen-bond donors (Lipinski definition) is 2. The second kappa shape index (κ2) is 12.7. The van der Waals surface area contributed by atoms with Gasteiger partial charge in [0, 0.05) is 30.6 Å². The third kappa shape index (κ3) is 7.26. The average molecular weight is 552 g/mol. The number of halogens is 2. The molecule has 0 saturated heterocycles. The summed E-state index contributed by atoms with van der Waals surface area (Å²) in [5, 5.41) is 6.46. The van der Waals surface area contributed by atoms with E-state index in [9.17, 15) is 4.39 Å². The molecule has 0 unspecified atom stereocenters. The summed E-state index contributed by atoms with van der Waals surface area (Å²) < 4.78 is 29.2. The minimum Gasteiger partial charge on any atom is -0.493 e. The molecular weight excluding hydrogens is 526 g/mol. The Hall–Kier alpha value is -3.08. The molecule has 0 amide bonds. The molecule has 3 aromatic rings. The lowest BCUT2D eigenvalue weighted by Crippen LogP contribution is -2.30. The van der Waals surface area contributed by atoms with E-state index in [4.69, 9.17) is 14.2 Å². The zero-order valence-electron chi connectivity index (χ0n) is 18.1. The van der Waals surface area contributed by atoms with Crippen LogP contribution in [0.2, 0.25) is 0 Å². The summed E-state index contributed by atoms with van der Waals surface area (Å²) in [6, 6.07) is 15.0. The normalized spacial score (nSPS) is 10.7. The predicted molar refractivity (Wildman–Crippen MR) is 134 cm³/mol. The first kappa shape index (κ1) is 25.2. The number of anilines is 1. The maximum absolute atomic E-state index is 13.0. The maximum Gasteiger partial charge on any atom is 0.219 e. The Bertz CT molecular complexity index is 1010. The van der Waals surface area contributed by atoms with Gasteiger partial charge >= 0.3 is 0 Å². The Labute approximate surface area is 204 Å². The van der Waals surface area contributed by atoms with E-state index in [0.717, 1.165) is 11.3 Å². The number of benzene rings is 2. The van der Waals surface area contributed by atoms with Crippen LogP contribution >= 0.6 is 24.0 Å². The Morgan fingerprint density at radius 3 is 2.38 bits per heavy atom. The fourth-order valence-corrected chi connectivity index (χ4v) is 2.72. The van der Waals surface area contributed by atoms with Gasteiger partial charge in [0.1, 0.15) is 11.6 Å². The van der Waals surface area contributed by atoms with Crippen molar-refractivity contribution in [3.05, 3.63) is 72.2 Å². The molecule has 2 aromatic carbocycles. The van der Waals surface area contributed by atoms with E-state index < -0.39 is 0 Å². The monoisotopic (exact) mass is 552 g/mol. The van der Waals surface area contributed by atoms with Gasteiger partial charge in [0.05, 0.1) is 20.8 Å². The van der Waals surface area contributed by atoms with Crippen LogP contribution in [-0.4, -0.2) is 31.7 Å². The lowest BCUT2D eigenvalue weighted by atomic mass is 10.2. The Morgan fingerprint density at radius 2 is 1.75 bits per heavy atom. The molecule has 0 spiro atoms. The molecule has 32 heavy (non-hydrogen) atoms. The highest BCUT2D eigenvalue weighted by Gasteiger charge is 2.07. The standard InChI is InChI=1S/C23H25FN4O3.HI/c1-4-25-23(28-18-8-11-20(29-2)21(13-18)30-3)27-15-16-5-12-22(26-14-16)31-19-9-6-17(24)7-10-19;/h5-14H,4,15H2,1-3H3,(H2,25,27,28);1H. The summed E-state index contributed by atoms with van der Waals surface area (Å²) in [4.78, 5) is 8.89. The summed E-state index contributed by atoms with van der Waals surface area (Å²) in [5.41, 5.74) is 1.73. The lowest BCUT2D eigenvalue weighted by molar-refractivity contribution is 0.355. The minimum absolute atomic E-state index is 0. The number of guanidine groups is 1. The Morgan fingerprint density at radius 1 is 1.00 bits per heavy atom. The zero-order chi connectivity index (χ0) is 22.1. The van der Waals surface area contributed by atoms with E-state index in [1.165, 1.54) is 12.1 Å². The molecule has 0 saturated carbocycles. The molecule has 0 bridgehead atoms. The summed E-state index contributed by atoms with van der Waals surface area (Å²) in [5.74, 6) is 2.55. The topological polar surface area (TPSA) is 77.0 Å². The SMILES string of the molecule is CCNC(=NCc1ccc(Oc2ccc(F)cc2)nc1)Nc1ccc(OC)c(OC)c1.I. The molecule has 0 radical (unpaired) electrons. The summed E-state index contributed by atoms with van der Waals surface area (Å²) >= 11 is 0. The lowest BCUT2D eigenvalue weighted by Gasteiger charge is -2.14. The molecule has 1 aromatic heterocycles. The minimum atomic E-state index is -0.313. The molecule has 3 rings (SSSR count). The van der Waals surface area contributed by atoms with Gasteiger partial charge in [0.2, 0.25) is 5.88 Å². The number of aromatic nitrogens is 1. The summed E-state index contributed by atoms with van der Waals surface area (Å²) in [6.07, 6.45) is 1.70. The van der Waals surface area contributed by atoms with Gasteiger partial charge in [-0.25, -0.2) is 14.4 Å². The largest absolute Gasteiger partial charge is 0.493 e. The van der Waals surface area contributed by atoms with Crippen molar-refractivity contribution in [3.8, 4) is 23.1 Å². The van der Waals surface area contributed by atoms with Crippen LogP contribution in [0.25, 0.3) is 0 Å². The van der Waals surface area contributed by atoms with Crippen molar-refractivity contribution in [1.29, 1.82) is 0 Å². The van der Waals surface area contributed by atoms with Gasteiger partial charge in [-0.15, -0.1) is 24.0 Å². The van der Waals surface area contributed by atoms with Crippen LogP contribution < -0.4 is 24.8 Å². The second-order valence-corrected chi connectivity index (χ2v) is 6.45. The van der Waals surface area contributed by atoms with Crippen molar-refractivity contribution < 1.29 is 18.6 Å². The fourth-order valence-electron chi connectivity index (χ4n) is 2.72. The van der Waals surface area contributed by atoms with Gasteiger partial charge in [-0.05, 0) is 48.9 Å². The highest BCUT2D eigenvalue weighted by Crippen LogP contribution is 2.29. The van der Waals surface area contributed by atoms with Gasteiger partial charge in [0.15, 0.2) is 17.5 Å². The smallest absolute Gasteiger partial charge is 0.219 e. The first-order valence-corrected chi connectivity index (χ1v) is 9.77. The van der Waals surface area contributed by atoms with E-state index in [0.29, 0.717) is 42.2 Å². The highest BCUT2D eigenvalue weighted by molar-refractivity contribution is 14.0. The number of rotatable bonds is 8. The van der Waals surface area contributed by atoms with Crippen molar-refractivity contribution in [2.45, 2.75) is 13.5 Å². The number of pyridine rings is 1. The van der Waals surface area contributed by atoms with Gasteiger partial charge in [0.25, 0.3) is 0 Å². The number of methoxy groups -OCH3 is 2. The van der Waals surface area contributed by atoms with Crippen molar-refractivity contribution >= 4 is 35.6 Å². The van der Waals surface area contributed by atoms with Crippen LogP contribution in [0.5, 0.6) is 23.1 Å². The van der Waals surface area contributed by atoms with Crippen LogP contribution in [-0.2, 0) is 6.54 Å². The molecule has 0 aliphatic heterocycles. The van der Waals surface area contributed by atoms with Crippen molar-refractivity contribution in [2.75, 3.05) is 26.1 Å². The van der Waals surface area contributed by atoms with E-state index in [-0.39, 0.29) is 29.8 Å². The molecular formula is C23H26FIN4O3. The number of aliphatic imine (C=N–C) groups is 1. The molecule has 9 heteroatoms. The quantitative estimate of drug-likeness (QED) is 0.227. The molecule has 0 aliphatic rings. The number of nitrogens with zero attached hydrogens (tertiary/aromatic N) is 2. The molecule has 170 valence electrons. The zero-order valence-corrected chi connectivity index (χ0v) is 20.4. The van der Waals surface area contributed by atoms with Crippen LogP contribution in [0.4, 0.5) is 10.1 Å². The van der Waals surface area contributed by atoms with Crippen molar-refractivity contribution in [3.63, 3.8) is 0 Å². The molecule has 0 fully saturated rings. The van der Waals surface area contributed by atoms with Gasteiger partial charge < -0.3 is 24.8 Å². The first-order valence-electron chi connectivity index (χ1n) is 9.77. The van der Waals surface area contributed by atoms with Gasteiger partial charge in [-0.1, -0.05) is 6.07 Å². The van der Waals surface area contributed by atoms with Crippen molar-refractivity contribution in [2.24, 2.45) is 4.99 Å². The molecule has 0 aliphatic carbocycles. The molecule has 1 heterocycles. The summed E-state index contributed by atoms with van der Waals surface area (Å²) in [7, 11) is 3.19. The number of ether oxygens (including phenoxy) is 3. The van der Waals surface area contributed by atoms with Crippen LogP contribution in [0, 0.1) is 5.82 Å². The summed E-state index contributed by atoms with van der Waals surface area (Å²) in [6.45, 7) is 3.13. The first-order chi connectivity index (χ1) is 15.1. The van der Waals surface area contributed by atoms with Gasteiger partial charge in [-0.2, -0.15) is 0 Å². The maximum atomic E-state index is 13.0. The van der Waals surface area contributed by atoms with E-state index in [1.807, 2.05) is 31.2 Å². The third-order valence-corrected chi connectivity index (χ3v) is 4.24. The van der Waals surface area contributed by atoms with E-state index >= 15 is 0 Å². The molecule has 7 nitrogen and oxygen atoms in total.